The summed E-state index contributed by atoms with van der Waals surface area (Å²) in [6, 6.07) is 22.1. The largest absolute Gasteiger partial charge is 0.494 e. The molecule has 33 heavy (non-hydrogen) atoms. The summed E-state index contributed by atoms with van der Waals surface area (Å²) in [6.45, 7) is 2.43. The van der Waals surface area contributed by atoms with Gasteiger partial charge < -0.3 is 14.2 Å². The zero-order valence-electron chi connectivity index (χ0n) is 18.5. The minimum absolute atomic E-state index is 0.214. The molecule has 0 aliphatic heterocycles. The highest BCUT2D eigenvalue weighted by Crippen LogP contribution is 2.30. The number of carbonyl (C=O) groups is 1. The summed E-state index contributed by atoms with van der Waals surface area (Å²) in [5.41, 5.74) is 3.14. The third-order valence-electron chi connectivity index (χ3n) is 4.81. The van der Waals surface area contributed by atoms with Crippen molar-refractivity contribution in [2.75, 3.05) is 13.7 Å². The lowest BCUT2D eigenvalue weighted by atomic mass is 10.0. The van der Waals surface area contributed by atoms with E-state index in [1.165, 1.54) is 7.11 Å². The number of carbonyl (C=O) groups excluding carboxylic acids is 1. The molecule has 168 valence electrons. The Hall–Kier alpha value is -3.75. The Bertz CT molecular complexity index is 1160. The number of nitriles is 1. The molecule has 0 aliphatic carbocycles. The normalized spacial score (nSPS) is 10.9. The fraction of sp³-hybridized carbons (Fsp3) is 0.185. The predicted octanol–water partition coefficient (Wildman–Crippen LogP) is 6.49. The number of halogens is 1. The van der Waals surface area contributed by atoms with E-state index in [0.717, 1.165) is 22.4 Å². The average Bonchev–Trinajstić information content (AvgIpc) is 2.83. The number of rotatable bonds is 9. The average molecular weight is 462 g/mol. The Morgan fingerprint density at radius 3 is 2.42 bits per heavy atom. The van der Waals surface area contributed by atoms with Gasteiger partial charge in [0.05, 0.1) is 25.4 Å². The maximum atomic E-state index is 12.3. The molecule has 0 fully saturated rings. The third-order valence-corrected chi connectivity index (χ3v) is 5.07. The Balaban J connectivity index is 1.59. The van der Waals surface area contributed by atoms with E-state index in [2.05, 4.69) is 6.07 Å². The summed E-state index contributed by atoms with van der Waals surface area (Å²) in [5, 5.41) is 10.1. The predicted molar refractivity (Wildman–Crippen MR) is 129 cm³/mol. The molecule has 0 heterocycles. The first-order valence-electron chi connectivity index (χ1n) is 10.4. The van der Waals surface area contributed by atoms with Gasteiger partial charge in [-0.25, -0.2) is 0 Å². The van der Waals surface area contributed by atoms with E-state index in [-0.39, 0.29) is 12.4 Å². The van der Waals surface area contributed by atoms with Crippen LogP contribution >= 0.6 is 11.6 Å². The molecule has 6 heteroatoms. The van der Waals surface area contributed by atoms with Gasteiger partial charge in [-0.3, -0.25) is 4.79 Å². The van der Waals surface area contributed by atoms with E-state index in [4.69, 9.17) is 25.8 Å². The number of esters is 1. The van der Waals surface area contributed by atoms with Crippen LogP contribution in [0.25, 0.3) is 11.6 Å². The van der Waals surface area contributed by atoms with Crippen LogP contribution in [0.5, 0.6) is 17.2 Å². The topological polar surface area (TPSA) is 68.5 Å². The van der Waals surface area contributed by atoms with Crippen molar-refractivity contribution < 1.29 is 19.0 Å². The van der Waals surface area contributed by atoms with Crippen LogP contribution in [0.3, 0.4) is 0 Å². The molecule has 3 aromatic rings. The zero-order chi connectivity index (χ0) is 23.6. The molecular formula is C27H24ClNO4. The van der Waals surface area contributed by atoms with E-state index >= 15 is 0 Å². The molecule has 0 spiro atoms. The van der Waals surface area contributed by atoms with Gasteiger partial charge in [-0.2, -0.15) is 5.26 Å². The zero-order valence-corrected chi connectivity index (χ0v) is 19.3. The van der Waals surface area contributed by atoms with Gasteiger partial charge >= 0.3 is 5.97 Å². The molecule has 0 saturated carbocycles. The summed E-state index contributed by atoms with van der Waals surface area (Å²) in [5.74, 6) is 1.13. The Kier molecular flexibility index (Phi) is 8.51. The third kappa shape index (κ3) is 7.13. The molecule has 0 amide bonds. The molecule has 0 aromatic heterocycles. The van der Waals surface area contributed by atoms with Crippen molar-refractivity contribution in [1.29, 1.82) is 5.26 Å². The van der Waals surface area contributed by atoms with Gasteiger partial charge in [0.2, 0.25) is 0 Å². The van der Waals surface area contributed by atoms with E-state index in [0.29, 0.717) is 35.1 Å². The summed E-state index contributed by atoms with van der Waals surface area (Å²) >= 11 is 5.92. The summed E-state index contributed by atoms with van der Waals surface area (Å²) in [4.78, 5) is 12.3. The van der Waals surface area contributed by atoms with Crippen molar-refractivity contribution in [3.63, 3.8) is 0 Å². The van der Waals surface area contributed by atoms with E-state index < -0.39 is 0 Å². The second-order valence-corrected chi connectivity index (χ2v) is 7.76. The molecule has 0 saturated heterocycles. The van der Waals surface area contributed by atoms with E-state index in [1.54, 1.807) is 48.5 Å². The van der Waals surface area contributed by atoms with Gasteiger partial charge in [-0.15, -0.1) is 0 Å². The van der Waals surface area contributed by atoms with E-state index in [9.17, 15) is 10.1 Å². The first kappa shape index (κ1) is 23.9. The van der Waals surface area contributed by atoms with Crippen molar-refractivity contribution in [3.05, 3.63) is 88.4 Å². The van der Waals surface area contributed by atoms with Crippen molar-refractivity contribution in [2.24, 2.45) is 0 Å². The maximum absolute atomic E-state index is 12.3. The smallest absolute Gasteiger partial charge is 0.311 e. The monoisotopic (exact) mass is 461 g/mol. The number of nitrogens with zero attached hydrogens (tertiary/aromatic N) is 1. The Morgan fingerprint density at radius 1 is 1.03 bits per heavy atom. The molecular weight excluding hydrogens is 438 g/mol. The number of hydrogen-bond acceptors (Lipinski definition) is 5. The van der Waals surface area contributed by atoms with Crippen LogP contribution in [0.15, 0.2) is 66.7 Å². The lowest BCUT2D eigenvalue weighted by Gasteiger charge is -2.11. The number of aryl methyl sites for hydroxylation is 1. The highest BCUT2D eigenvalue weighted by Gasteiger charge is 2.11. The van der Waals surface area contributed by atoms with Crippen LogP contribution < -0.4 is 14.2 Å². The quantitative estimate of drug-likeness (QED) is 0.120. The standard InChI is InChI=1S/C27H24ClNO4/c1-19-5-12-24(13-6-19)32-15-3-4-27(30)33-25-14-7-20(17-26(25)31-2)16-22(18-29)21-8-10-23(28)11-9-21/h5-14,16-17H,3-4,15H2,1-2H3/b22-16+. The molecule has 3 rings (SSSR count). The van der Waals surface area contributed by atoms with Gasteiger partial charge in [0.25, 0.3) is 0 Å². The second kappa shape index (κ2) is 11.8. The minimum Gasteiger partial charge on any atom is -0.494 e. The molecule has 0 unspecified atom stereocenters. The Labute approximate surface area is 198 Å². The maximum Gasteiger partial charge on any atom is 0.311 e. The lowest BCUT2D eigenvalue weighted by Crippen LogP contribution is -2.10. The van der Waals surface area contributed by atoms with Crippen LogP contribution in [0.4, 0.5) is 0 Å². The molecule has 0 aliphatic rings. The lowest BCUT2D eigenvalue weighted by molar-refractivity contribution is -0.134. The molecule has 0 radical (unpaired) electrons. The number of benzene rings is 3. The second-order valence-electron chi connectivity index (χ2n) is 7.33. The SMILES string of the molecule is COc1cc(/C=C(\C#N)c2ccc(Cl)cc2)ccc1OC(=O)CCCOc1ccc(C)cc1. The molecule has 5 nitrogen and oxygen atoms in total. The van der Waals surface area contributed by atoms with Gasteiger partial charge in [0, 0.05) is 11.4 Å². The first-order valence-corrected chi connectivity index (χ1v) is 10.8. The highest BCUT2D eigenvalue weighted by molar-refractivity contribution is 6.30. The fourth-order valence-corrected chi connectivity index (χ4v) is 3.18. The molecule has 0 N–H and O–H groups in total. The molecule has 0 atom stereocenters. The van der Waals surface area contributed by atoms with Gasteiger partial charge in [0.1, 0.15) is 5.75 Å². The molecule has 0 bridgehead atoms. The van der Waals surface area contributed by atoms with Gasteiger partial charge in [-0.05, 0) is 66.9 Å². The summed E-state index contributed by atoms with van der Waals surface area (Å²) < 4.78 is 16.5. The highest BCUT2D eigenvalue weighted by atomic mass is 35.5. The van der Waals surface area contributed by atoms with Gasteiger partial charge in [-0.1, -0.05) is 47.5 Å². The van der Waals surface area contributed by atoms with E-state index in [1.807, 2.05) is 31.2 Å². The van der Waals surface area contributed by atoms with Crippen molar-refractivity contribution in [1.82, 2.24) is 0 Å². The van der Waals surface area contributed by atoms with Crippen LogP contribution in [-0.2, 0) is 4.79 Å². The van der Waals surface area contributed by atoms with Crippen LogP contribution in [0.2, 0.25) is 5.02 Å². The van der Waals surface area contributed by atoms with Crippen LogP contribution in [0.1, 0.15) is 29.5 Å². The van der Waals surface area contributed by atoms with Crippen molar-refractivity contribution >= 4 is 29.2 Å². The van der Waals surface area contributed by atoms with Crippen LogP contribution in [0, 0.1) is 18.3 Å². The van der Waals surface area contributed by atoms with Gasteiger partial charge in [0.15, 0.2) is 11.5 Å². The summed E-state index contributed by atoms with van der Waals surface area (Å²) in [7, 11) is 1.50. The summed E-state index contributed by atoms with van der Waals surface area (Å²) in [6.07, 6.45) is 2.48. The molecule has 3 aromatic carbocycles. The first-order chi connectivity index (χ1) is 16.0. The number of allylic oxidation sites excluding steroid dienone is 1. The number of ether oxygens (including phenoxy) is 3. The number of hydrogen-bond donors (Lipinski definition) is 0. The van der Waals surface area contributed by atoms with Crippen LogP contribution in [-0.4, -0.2) is 19.7 Å². The fourth-order valence-electron chi connectivity index (χ4n) is 3.05. The number of methoxy groups -OCH3 is 1. The minimum atomic E-state index is -0.372. The van der Waals surface area contributed by atoms with Crippen molar-refractivity contribution in [3.8, 4) is 23.3 Å². The van der Waals surface area contributed by atoms with Crippen molar-refractivity contribution in [2.45, 2.75) is 19.8 Å². The Morgan fingerprint density at radius 2 is 1.76 bits per heavy atom.